The molecule has 2 unspecified atom stereocenters. The van der Waals surface area contributed by atoms with Crippen molar-refractivity contribution in [3.8, 4) is 0 Å². The maximum absolute atomic E-state index is 12.0. The van der Waals surface area contributed by atoms with Gasteiger partial charge in [-0.3, -0.25) is 9.59 Å². The summed E-state index contributed by atoms with van der Waals surface area (Å²) in [6.07, 6.45) is -0.474. The van der Waals surface area contributed by atoms with Gasteiger partial charge < -0.3 is 15.3 Å². The maximum Gasteiger partial charge on any atom is 0.225 e. The molecule has 2 amide bonds. The van der Waals surface area contributed by atoms with Gasteiger partial charge in [0.25, 0.3) is 0 Å². The van der Waals surface area contributed by atoms with E-state index in [0.29, 0.717) is 6.54 Å². The van der Waals surface area contributed by atoms with Crippen molar-refractivity contribution in [1.82, 2.24) is 10.2 Å². The number of carbonyl (C=O) groups is 2. The fraction of sp³-hybridized carbons (Fsp3) is 0.375. The largest absolute Gasteiger partial charge is 0.386 e. The summed E-state index contributed by atoms with van der Waals surface area (Å²) in [4.78, 5) is 25.9. The van der Waals surface area contributed by atoms with Gasteiger partial charge in [-0.1, -0.05) is 18.2 Å². The summed E-state index contributed by atoms with van der Waals surface area (Å²) >= 11 is 1.53. The molecule has 0 spiro atoms. The average molecular weight is 318 g/mol. The molecule has 1 aromatic carbocycles. The molecule has 6 heteroatoms. The van der Waals surface area contributed by atoms with Crippen molar-refractivity contribution in [2.24, 2.45) is 5.92 Å². The van der Waals surface area contributed by atoms with Crippen LogP contribution in [-0.4, -0.2) is 42.0 Å². The molecule has 116 valence electrons. The SMILES string of the molecule is CN1CC(C(=O)NCC(O)c2cc3ccccc3s2)CC1=O. The summed E-state index contributed by atoms with van der Waals surface area (Å²) in [5.41, 5.74) is 0. The average Bonchev–Trinajstić information content (AvgIpc) is 3.08. The van der Waals surface area contributed by atoms with Crippen LogP contribution in [0.5, 0.6) is 0 Å². The van der Waals surface area contributed by atoms with E-state index in [1.165, 1.54) is 11.3 Å². The predicted octanol–water partition coefficient (Wildman–Crippen LogP) is 1.53. The van der Waals surface area contributed by atoms with Crippen LogP contribution in [0.15, 0.2) is 30.3 Å². The van der Waals surface area contributed by atoms with E-state index in [2.05, 4.69) is 5.32 Å². The highest BCUT2D eigenvalue weighted by atomic mass is 32.1. The number of amides is 2. The van der Waals surface area contributed by atoms with E-state index < -0.39 is 6.10 Å². The van der Waals surface area contributed by atoms with E-state index in [9.17, 15) is 14.7 Å². The van der Waals surface area contributed by atoms with Gasteiger partial charge in [0.15, 0.2) is 0 Å². The maximum atomic E-state index is 12.0. The smallest absolute Gasteiger partial charge is 0.225 e. The van der Waals surface area contributed by atoms with Crippen LogP contribution in [0.1, 0.15) is 17.4 Å². The Bertz CT molecular complexity index is 679. The number of likely N-dealkylation sites (tertiary alicyclic amines) is 1. The molecule has 2 heterocycles. The summed E-state index contributed by atoms with van der Waals surface area (Å²) < 4.78 is 1.12. The number of nitrogens with one attached hydrogen (secondary N) is 1. The number of rotatable bonds is 4. The molecular weight excluding hydrogens is 300 g/mol. The van der Waals surface area contributed by atoms with E-state index in [0.717, 1.165) is 15.0 Å². The summed E-state index contributed by atoms with van der Waals surface area (Å²) in [5, 5.41) is 14.1. The Kier molecular flexibility index (Phi) is 4.13. The van der Waals surface area contributed by atoms with Gasteiger partial charge in [-0.2, -0.15) is 0 Å². The van der Waals surface area contributed by atoms with E-state index in [-0.39, 0.29) is 30.7 Å². The Morgan fingerprint density at radius 2 is 2.27 bits per heavy atom. The fourth-order valence-electron chi connectivity index (χ4n) is 2.65. The molecule has 2 aromatic rings. The lowest BCUT2D eigenvalue weighted by Gasteiger charge is -2.13. The highest BCUT2D eigenvalue weighted by Gasteiger charge is 2.32. The molecule has 1 fully saturated rings. The van der Waals surface area contributed by atoms with Crippen molar-refractivity contribution < 1.29 is 14.7 Å². The minimum atomic E-state index is -0.726. The second-order valence-electron chi connectivity index (χ2n) is 5.62. The van der Waals surface area contributed by atoms with Gasteiger partial charge in [-0.05, 0) is 17.5 Å². The highest BCUT2D eigenvalue weighted by Crippen LogP contribution is 2.29. The Morgan fingerprint density at radius 3 is 2.95 bits per heavy atom. The summed E-state index contributed by atoms with van der Waals surface area (Å²) in [5.74, 6) is -0.491. The summed E-state index contributed by atoms with van der Waals surface area (Å²) in [6.45, 7) is 0.615. The van der Waals surface area contributed by atoms with E-state index in [4.69, 9.17) is 0 Å². The summed E-state index contributed by atoms with van der Waals surface area (Å²) in [6, 6.07) is 9.88. The number of hydrogen-bond acceptors (Lipinski definition) is 4. The van der Waals surface area contributed by atoms with Crippen molar-refractivity contribution >= 4 is 33.2 Å². The number of aliphatic hydroxyl groups is 1. The molecule has 0 radical (unpaired) electrons. The zero-order valence-electron chi connectivity index (χ0n) is 12.3. The molecule has 2 N–H and O–H groups in total. The third-order valence-electron chi connectivity index (χ3n) is 3.95. The van der Waals surface area contributed by atoms with Crippen LogP contribution in [0.25, 0.3) is 10.1 Å². The number of fused-ring (bicyclic) bond motifs is 1. The second-order valence-corrected chi connectivity index (χ2v) is 6.74. The van der Waals surface area contributed by atoms with Crippen LogP contribution in [0.4, 0.5) is 0 Å². The predicted molar refractivity (Wildman–Crippen MR) is 85.5 cm³/mol. The van der Waals surface area contributed by atoms with Crippen LogP contribution < -0.4 is 5.32 Å². The minimum Gasteiger partial charge on any atom is -0.386 e. The van der Waals surface area contributed by atoms with Gasteiger partial charge in [0.1, 0.15) is 6.10 Å². The molecule has 1 aliphatic rings. The Balaban J connectivity index is 1.59. The first-order valence-electron chi connectivity index (χ1n) is 7.23. The lowest BCUT2D eigenvalue weighted by atomic mass is 10.1. The number of benzene rings is 1. The van der Waals surface area contributed by atoms with E-state index in [1.807, 2.05) is 30.3 Å². The summed E-state index contributed by atoms with van der Waals surface area (Å²) in [7, 11) is 1.70. The second kappa shape index (κ2) is 6.06. The normalized spacial score (nSPS) is 19.6. The van der Waals surface area contributed by atoms with Crippen LogP contribution in [0, 0.1) is 5.92 Å². The van der Waals surface area contributed by atoms with Crippen LogP contribution in [0.3, 0.4) is 0 Å². The van der Waals surface area contributed by atoms with Crippen molar-refractivity contribution in [3.63, 3.8) is 0 Å². The first kappa shape index (κ1) is 15.0. The van der Waals surface area contributed by atoms with Crippen molar-refractivity contribution in [2.45, 2.75) is 12.5 Å². The van der Waals surface area contributed by atoms with Crippen LogP contribution in [-0.2, 0) is 9.59 Å². The first-order chi connectivity index (χ1) is 10.5. The lowest BCUT2D eigenvalue weighted by molar-refractivity contribution is -0.128. The van der Waals surface area contributed by atoms with Crippen LogP contribution in [0.2, 0.25) is 0 Å². The molecule has 0 saturated carbocycles. The zero-order valence-corrected chi connectivity index (χ0v) is 13.1. The van der Waals surface area contributed by atoms with Gasteiger partial charge in [0.05, 0.1) is 5.92 Å². The quantitative estimate of drug-likeness (QED) is 0.898. The number of thiophene rings is 1. The topological polar surface area (TPSA) is 69.6 Å². The Labute approximate surface area is 132 Å². The highest BCUT2D eigenvalue weighted by molar-refractivity contribution is 7.19. The van der Waals surface area contributed by atoms with E-state index in [1.54, 1.807) is 11.9 Å². The van der Waals surface area contributed by atoms with Crippen LogP contribution >= 0.6 is 11.3 Å². The van der Waals surface area contributed by atoms with Gasteiger partial charge in [0.2, 0.25) is 11.8 Å². The molecule has 1 aromatic heterocycles. The Morgan fingerprint density at radius 1 is 1.50 bits per heavy atom. The molecule has 22 heavy (non-hydrogen) atoms. The molecule has 3 rings (SSSR count). The third kappa shape index (κ3) is 2.98. The standard InChI is InChI=1S/C16H18N2O3S/c1-18-9-11(7-15(18)20)16(21)17-8-12(19)14-6-10-4-2-3-5-13(10)22-14/h2-6,11-12,19H,7-9H2,1H3,(H,17,21). The molecule has 1 aliphatic heterocycles. The third-order valence-corrected chi connectivity index (χ3v) is 5.17. The molecular formula is C16H18N2O3S. The molecule has 5 nitrogen and oxygen atoms in total. The fourth-order valence-corrected chi connectivity index (χ4v) is 3.70. The van der Waals surface area contributed by atoms with Gasteiger partial charge >= 0.3 is 0 Å². The monoisotopic (exact) mass is 318 g/mol. The van der Waals surface area contributed by atoms with Gasteiger partial charge in [-0.15, -0.1) is 11.3 Å². The number of nitrogens with zero attached hydrogens (tertiary/aromatic N) is 1. The number of aliphatic hydroxyl groups excluding tert-OH is 1. The van der Waals surface area contributed by atoms with Crippen molar-refractivity contribution in [3.05, 3.63) is 35.2 Å². The minimum absolute atomic E-state index is 0.00907. The molecule has 0 bridgehead atoms. The van der Waals surface area contributed by atoms with Gasteiger partial charge in [-0.25, -0.2) is 0 Å². The molecule has 2 atom stereocenters. The van der Waals surface area contributed by atoms with E-state index >= 15 is 0 Å². The number of carbonyl (C=O) groups excluding carboxylic acids is 2. The van der Waals surface area contributed by atoms with Gasteiger partial charge in [0, 0.05) is 36.1 Å². The first-order valence-corrected chi connectivity index (χ1v) is 8.04. The molecule has 0 aliphatic carbocycles. The number of hydrogen-bond donors (Lipinski definition) is 2. The van der Waals surface area contributed by atoms with Crippen molar-refractivity contribution in [2.75, 3.05) is 20.1 Å². The Hall–Kier alpha value is -1.92. The van der Waals surface area contributed by atoms with Crippen molar-refractivity contribution in [1.29, 1.82) is 0 Å². The molecule has 1 saturated heterocycles. The lowest BCUT2D eigenvalue weighted by Crippen LogP contribution is -2.34. The zero-order chi connectivity index (χ0) is 15.7.